The van der Waals surface area contributed by atoms with E-state index >= 15 is 0 Å². The molecule has 1 amide bonds. The van der Waals surface area contributed by atoms with Gasteiger partial charge >= 0.3 is 0 Å². The van der Waals surface area contributed by atoms with Gasteiger partial charge in [0.05, 0.1) is 0 Å². The van der Waals surface area contributed by atoms with Crippen LogP contribution in [0.25, 0.3) is 0 Å². The molecule has 0 spiro atoms. The van der Waals surface area contributed by atoms with E-state index in [0.717, 1.165) is 24.3 Å². The number of unbranched alkanes of at least 4 members (excludes halogenated alkanes) is 1. The lowest BCUT2D eigenvalue weighted by Gasteiger charge is -2.20. The molecule has 0 aliphatic heterocycles. The lowest BCUT2D eigenvalue weighted by molar-refractivity contribution is -0.128. The Kier molecular flexibility index (Phi) is 8.64. The summed E-state index contributed by atoms with van der Waals surface area (Å²) in [6.07, 6.45) is 4.99. The van der Waals surface area contributed by atoms with Crippen molar-refractivity contribution >= 4 is 5.91 Å². The monoisotopic (exact) mass is 305 g/mol. The Labute approximate surface area is 135 Å². The second-order valence-electron chi connectivity index (χ2n) is 5.99. The average molecular weight is 305 g/mol. The Balaban J connectivity index is 2.50. The molecule has 0 aromatic heterocycles. The van der Waals surface area contributed by atoms with Crippen LogP contribution in [0.2, 0.25) is 0 Å². The Morgan fingerprint density at radius 1 is 1.23 bits per heavy atom. The summed E-state index contributed by atoms with van der Waals surface area (Å²) in [5, 5.41) is 3.06. The number of amides is 1. The highest BCUT2D eigenvalue weighted by molar-refractivity contribution is 5.81. The van der Waals surface area contributed by atoms with E-state index in [1.807, 2.05) is 38.1 Å². The van der Waals surface area contributed by atoms with Crippen LogP contribution in [0.5, 0.6) is 5.75 Å². The normalized spacial score (nSPS) is 13.5. The van der Waals surface area contributed by atoms with E-state index in [4.69, 9.17) is 4.74 Å². The molecule has 3 heteroatoms. The SMILES string of the molecule is CCCCC(CC)CNC(=O)C(CC)Oc1cccc(C)c1. The van der Waals surface area contributed by atoms with Crippen LogP contribution in [0.3, 0.4) is 0 Å². The predicted octanol–water partition coefficient (Wildman–Crippen LogP) is 4.49. The lowest BCUT2D eigenvalue weighted by atomic mass is 9.99. The summed E-state index contributed by atoms with van der Waals surface area (Å²) in [4.78, 5) is 12.3. The minimum absolute atomic E-state index is 0.000968. The number of hydrogen-bond acceptors (Lipinski definition) is 2. The zero-order valence-electron chi connectivity index (χ0n) is 14.5. The van der Waals surface area contributed by atoms with Crippen molar-refractivity contribution in [3.8, 4) is 5.75 Å². The molecule has 0 saturated heterocycles. The number of aryl methyl sites for hydroxylation is 1. The number of hydrogen-bond donors (Lipinski definition) is 1. The highest BCUT2D eigenvalue weighted by Gasteiger charge is 2.19. The summed E-state index contributed by atoms with van der Waals surface area (Å²) in [5.74, 6) is 1.33. The van der Waals surface area contributed by atoms with Crippen LogP contribution in [0, 0.1) is 12.8 Å². The average Bonchev–Trinajstić information content (AvgIpc) is 2.52. The van der Waals surface area contributed by atoms with Crippen LogP contribution >= 0.6 is 0 Å². The van der Waals surface area contributed by atoms with Gasteiger partial charge < -0.3 is 10.1 Å². The summed E-state index contributed by atoms with van der Waals surface area (Å²) in [5.41, 5.74) is 1.14. The third kappa shape index (κ3) is 6.50. The topological polar surface area (TPSA) is 38.3 Å². The van der Waals surface area contributed by atoms with Crippen LogP contribution < -0.4 is 10.1 Å². The molecule has 1 aromatic carbocycles. The number of carbonyl (C=O) groups excluding carboxylic acids is 1. The van der Waals surface area contributed by atoms with Crippen LogP contribution in [-0.4, -0.2) is 18.6 Å². The molecular formula is C19H31NO2. The quantitative estimate of drug-likeness (QED) is 0.692. The summed E-state index contributed by atoms with van der Waals surface area (Å²) >= 11 is 0. The van der Waals surface area contributed by atoms with Gasteiger partial charge in [0.25, 0.3) is 5.91 Å². The second-order valence-corrected chi connectivity index (χ2v) is 5.99. The lowest BCUT2D eigenvalue weighted by Crippen LogP contribution is -2.40. The van der Waals surface area contributed by atoms with E-state index in [2.05, 4.69) is 19.2 Å². The van der Waals surface area contributed by atoms with Crippen LogP contribution in [-0.2, 0) is 4.79 Å². The van der Waals surface area contributed by atoms with E-state index in [9.17, 15) is 4.79 Å². The van der Waals surface area contributed by atoms with Gasteiger partial charge in [-0.2, -0.15) is 0 Å². The van der Waals surface area contributed by atoms with Crippen LogP contribution in [0.1, 0.15) is 58.4 Å². The standard InChI is InChI=1S/C19H31NO2/c1-5-8-11-16(6-2)14-20-19(21)18(7-3)22-17-12-9-10-15(4)13-17/h9-10,12-13,16,18H,5-8,11,14H2,1-4H3,(H,20,21). The number of carbonyl (C=O) groups is 1. The highest BCUT2D eigenvalue weighted by Crippen LogP contribution is 2.16. The zero-order valence-corrected chi connectivity index (χ0v) is 14.5. The van der Waals surface area contributed by atoms with Crippen molar-refractivity contribution in [2.45, 2.75) is 65.9 Å². The number of nitrogens with one attached hydrogen (secondary N) is 1. The molecule has 0 radical (unpaired) electrons. The molecule has 1 aromatic rings. The van der Waals surface area contributed by atoms with Gasteiger partial charge in [-0.05, 0) is 43.4 Å². The van der Waals surface area contributed by atoms with Crippen LogP contribution in [0.4, 0.5) is 0 Å². The molecule has 124 valence electrons. The van der Waals surface area contributed by atoms with Crippen molar-refractivity contribution < 1.29 is 9.53 Å². The van der Waals surface area contributed by atoms with Gasteiger partial charge in [-0.15, -0.1) is 0 Å². The third-order valence-electron chi connectivity index (χ3n) is 4.04. The van der Waals surface area contributed by atoms with Gasteiger partial charge in [0.15, 0.2) is 6.10 Å². The molecular weight excluding hydrogens is 274 g/mol. The molecule has 0 saturated carbocycles. The minimum Gasteiger partial charge on any atom is -0.481 e. The first-order valence-corrected chi connectivity index (χ1v) is 8.61. The van der Waals surface area contributed by atoms with Crippen molar-refractivity contribution in [1.82, 2.24) is 5.32 Å². The van der Waals surface area contributed by atoms with Gasteiger partial charge in [-0.25, -0.2) is 0 Å². The molecule has 3 nitrogen and oxygen atoms in total. The third-order valence-corrected chi connectivity index (χ3v) is 4.04. The molecule has 0 aliphatic rings. The Hall–Kier alpha value is -1.51. The summed E-state index contributed by atoms with van der Waals surface area (Å²) < 4.78 is 5.84. The number of ether oxygens (including phenoxy) is 1. The molecule has 22 heavy (non-hydrogen) atoms. The summed E-state index contributed by atoms with van der Waals surface area (Å²) in [6, 6.07) is 7.84. The van der Waals surface area contributed by atoms with E-state index in [0.29, 0.717) is 12.3 Å². The van der Waals surface area contributed by atoms with E-state index in [1.165, 1.54) is 19.3 Å². The first-order chi connectivity index (χ1) is 10.6. The van der Waals surface area contributed by atoms with Gasteiger partial charge in [0, 0.05) is 6.54 Å². The number of benzene rings is 1. The van der Waals surface area contributed by atoms with Crippen molar-refractivity contribution in [2.75, 3.05) is 6.54 Å². The first-order valence-electron chi connectivity index (χ1n) is 8.61. The fraction of sp³-hybridized carbons (Fsp3) is 0.632. The maximum absolute atomic E-state index is 12.3. The maximum atomic E-state index is 12.3. The summed E-state index contributed by atoms with van der Waals surface area (Å²) in [6.45, 7) is 9.14. The van der Waals surface area contributed by atoms with Crippen LogP contribution in [0.15, 0.2) is 24.3 Å². The maximum Gasteiger partial charge on any atom is 0.261 e. The van der Waals surface area contributed by atoms with Gasteiger partial charge in [-0.3, -0.25) is 4.79 Å². The Morgan fingerprint density at radius 2 is 2.00 bits per heavy atom. The fourth-order valence-electron chi connectivity index (χ4n) is 2.48. The molecule has 0 fully saturated rings. The fourth-order valence-corrected chi connectivity index (χ4v) is 2.48. The predicted molar refractivity (Wildman–Crippen MR) is 92.2 cm³/mol. The molecule has 1 N–H and O–H groups in total. The van der Waals surface area contributed by atoms with Crippen molar-refractivity contribution in [3.05, 3.63) is 29.8 Å². The second kappa shape index (κ2) is 10.3. The van der Waals surface area contributed by atoms with Gasteiger partial charge in [0.2, 0.25) is 0 Å². The van der Waals surface area contributed by atoms with Gasteiger partial charge in [-0.1, -0.05) is 52.2 Å². The molecule has 2 unspecified atom stereocenters. The number of rotatable bonds is 10. The van der Waals surface area contributed by atoms with Gasteiger partial charge in [0.1, 0.15) is 5.75 Å². The minimum atomic E-state index is -0.412. The Bertz CT molecular complexity index is 445. The molecule has 0 heterocycles. The zero-order chi connectivity index (χ0) is 16.4. The molecule has 2 atom stereocenters. The van der Waals surface area contributed by atoms with E-state index in [-0.39, 0.29) is 5.91 Å². The van der Waals surface area contributed by atoms with Crippen molar-refractivity contribution in [2.24, 2.45) is 5.92 Å². The first kappa shape index (κ1) is 18.5. The molecule has 0 bridgehead atoms. The molecule has 0 aliphatic carbocycles. The van der Waals surface area contributed by atoms with E-state index < -0.39 is 6.10 Å². The largest absolute Gasteiger partial charge is 0.481 e. The Morgan fingerprint density at radius 3 is 2.59 bits per heavy atom. The molecule has 1 rings (SSSR count). The smallest absolute Gasteiger partial charge is 0.261 e. The van der Waals surface area contributed by atoms with E-state index in [1.54, 1.807) is 0 Å². The highest BCUT2D eigenvalue weighted by atomic mass is 16.5. The summed E-state index contributed by atoms with van der Waals surface area (Å²) in [7, 11) is 0. The van der Waals surface area contributed by atoms with Crippen molar-refractivity contribution in [3.63, 3.8) is 0 Å². The van der Waals surface area contributed by atoms with Crippen molar-refractivity contribution in [1.29, 1.82) is 0 Å².